The number of rotatable bonds is 5. The largest absolute Gasteiger partial charge is 0.480 e. The molecule has 0 spiro atoms. The number of carboxylic acid groups (broad SMARTS) is 1. The third-order valence-electron chi connectivity index (χ3n) is 2.30. The lowest BCUT2D eigenvalue weighted by molar-refractivity contribution is -0.135. The van der Waals surface area contributed by atoms with Gasteiger partial charge in [0, 0.05) is 11.2 Å². The number of hydrogen-bond donors (Lipinski definition) is 2. The molecule has 0 atom stereocenters. The Morgan fingerprint density at radius 1 is 1.16 bits per heavy atom. The van der Waals surface area contributed by atoms with Gasteiger partial charge in [0.05, 0.1) is 6.54 Å². The Labute approximate surface area is 113 Å². The SMILES string of the molecule is CC(C)(C)NC(=O)CN(CC(=O)O)c1ccccc1. The summed E-state index contributed by atoms with van der Waals surface area (Å²) in [5.74, 6) is -1.16. The van der Waals surface area contributed by atoms with Crippen molar-refractivity contribution in [2.45, 2.75) is 26.3 Å². The predicted molar refractivity (Wildman–Crippen MR) is 74.2 cm³/mol. The number of carboxylic acids is 1. The van der Waals surface area contributed by atoms with Crippen molar-refractivity contribution in [1.82, 2.24) is 5.32 Å². The Bertz CT molecular complexity index is 438. The summed E-state index contributed by atoms with van der Waals surface area (Å²) in [5, 5.41) is 11.7. The highest BCUT2D eigenvalue weighted by molar-refractivity contribution is 5.84. The molecule has 1 rings (SSSR count). The number of hydrogen-bond acceptors (Lipinski definition) is 3. The van der Waals surface area contributed by atoms with E-state index in [9.17, 15) is 9.59 Å². The van der Waals surface area contributed by atoms with Crippen LogP contribution in [0.2, 0.25) is 0 Å². The molecule has 104 valence electrons. The van der Waals surface area contributed by atoms with Gasteiger partial charge in [-0.25, -0.2) is 0 Å². The first-order valence-corrected chi connectivity index (χ1v) is 6.11. The maximum atomic E-state index is 11.9. The molecule has 0 unspecified atom stereocenters. The molecule has 0 heterocycles. The molecule has 0 saturated heterocycles. The highest BCUT2D eigenvalue weighted by atomic mass is 16.4. The smallest absolute Gasteiger partial charge is 0.323 e. The number of carbonyl (C=O) groups is 2. The van der Waals surface area contributed by atoms with Crippen LogP contribution in [0.4, 0.5) is 5.69 Å². The highest BCUT2D eigenvalue weighted by Crippen LogP contribution is 2.12. The third-order valence-corrected chi connectivity index (χ3v) is 2.30. The van der Waals surface area contributed by atoms with E-state index < -0.39 is 5.97 Å². The van der Waals surface area contributed by atoms with E-state index in [1.165, 1.54) is 4.90 Å². The van der Waals surface area contributed by atoms with Gasteiger partial charge in [-0.2, -0.15) is 0 Å². The van der Waals surface area contributed by atoms with Gasteiger partial charge in [-0.3, -0.25) is 9.59 Å². The van der Waals surface area contributed by atoms with Gasteiger partial charge >= 0.3 is 5.97 Å². The van der Waals surface area contributed by atoms with Crippen LogP contribution in [-0.2, 0) is 9.59 Å². The molecule has 0 saturated carbocycles. The number of aliphatic carboxylic acids is 1. The van der Waals surface area contributed by atoms with E-state index in [4.69, 9.17) is 5.11 Å². The van der Waals surface area contributed by atoms with E-state index in [1.807, 2.05) is 39.0 Å². The molecule has 1 aromatic carbocycles. The van der Waals surface area contributed by atoms with Crippen molar-refractivity contribution < 1.29 is 14.7 Å². The lowest BCUT2D eigenvalue weighted by Crippen LogP contribution is -2.47. The average Bonchev–Trinajstić information content (AvgIpc) is 2.26. The number of amides is 1. The maximum absolute atomic E-state index is 11.9. The lowest BCUT2D eigenvalue weighted by atomic mass is 10.1. The van der Waals surface area contributed by atoms with Crippen molar-refractivity contribution in [3.63, 3.8) is 0 Å². The molecular weight excluding hydrogens is 244 g/mol. The molecular formula is C14H20N2O3. The van der Waals surface area contributed by atoms with E-state index in [0.29, 0.717) is 5.69 Å². The summed E-state index contributed by atoms with van der Waals surface area (Å²) in [6, 6.07) is 9.04. The minimum absolute atomic E-state index is 0.0214. The zero-order valence-electron chi connectivity index (χ0n) is 11.5. The molecule has 0 aromatic heterocycles. The van der Waals surface area contributed by atoms with E-state index in [2.05, 4.69) is 5.32 Å². The van der Waals surface area contributed by atoms with Gasteiger partial charge < -0.3 is 15.3 Å². The molecule has 0 aliphatic carbocycles. The first-order chi connectivity index (χ1) is 8.78. The van der Waals surface area contributed by atoms with Crippen LogP contribution in [0.1, 0.15) is 20.8 Å². The van der Waals surface area contributed by atoms with Gasteiger partial charge in [0.25, 0.3) is 0 Å². The zero-order valence-corrected chi connectivity index (χ0v) is 11.5. The summed E-state index contributed by atoms with van der Waals surface area (Å²) < 4.78 is 0. The first-order valence-electron chi connectivity index (χ1n) is 6.11. The quantitative estimate of drug-likeness (QED) is 0.845. The summed E-state index contributed by atoms with van der Waals surface area (Å²) in [4.78, 5) is 24.3. The molecule has 2 N–H and O–H groups in total. The molecule has 0 radical (unpaired) electrons. The molecule has 0 fully saturated rings. The predicted octanol–water partition coefficient (Wildman–Crippen LogP) is 1.49. The number of benzene rings is 1. The van der Waals surface area contributed by atoms with E-state index in [1.54, 1.807) is 12.1 Å². The van der Waals surface area contributed by atoms with Crippen molar-refractivity contribution >= 4 is 17.6 Å². The molecule has 0 aliphatic heterocycles. The van der Waals surface area contributed by atoms with Crippen LogP contribution in [0.25, 0.3) is 0 Å². The van der Waals surface area contributed by atoms with E-state index in [0.717, 1.165) is 0 Å². The lowest BCUT2D eigenvalue weighted by Gasteiger charge is -2.26. The fourth-order valence-electron chi connectivity index (χ4n) is 1.67. The fraction of sp³-hybridized carbons (Fsp3) is 0.429. The van der Waals surface area contributed by atoms with Crippen LogP contribution in [0, 0.1) is 0 Å². The van der Waals surface area contributed by atoms with Gasteiger partial charge in [0.1, 0.15) is 6.54 Å². The van der Waals surface area contributed by atoms with Crippen LogP contribution in [0.3, 0.4) is 0 Å². The van der Waals surface area contributed by atoms with Crippen molar-refractivity contribution in [3.8, 4) is 0 Å². The fourth-order valence-corrected chi connectivity index (χ4v) is 1.67. The van der Waals surface area contributed by atoms with Crippen LogP contribution >= 0.6 is 0 Å². The standard InChI is InChI=1S/C14H20N2O3/c1-14(2,3)15-12(17)9-16(10-13(18)19)11-7-5-4-6-8-11/h4-8H,9-10H2,1-3H3,(H,15,17)(H,18,19). The topological polar surface area (TPSA) is 69.6 Å². The van der Waals surface area contributed by atoms with E-state index in [-0.39, 0.29) is 24.5 Å². The average molecular weight is 264 g/mol. The first kappa shape index (κ1) is 15.0. The number of carbonyl (C=O) groups excluding carboxylic acids is 1. The maximum Gasteiger partial charge on any atom is 0.323 e. The van der Waals surface area contributed by atoms with Crippen LogP contribution < -0.4 is 10.2 Å². The van der Waals surface area contributed by atoms with Crippen LogP contribution in [0.15, 0.2) is 30.3 Å². The van der Waals surface area contributed by atoms with E-state index >= 15 is 0 Å². The molecule has 5 heteroatoms. The number of nitrogens with zero attached hydrogens (tertiary/aromatic N) is 1. The van der Waals surface area contributed by atoms with Gasteiger partial charge in [0.15, 0.2) is 0 Å². The van der Waals surface area contributed by atoms with Crippen molar-refractivity contribution in [1.29, 1.82) is 0 Å². The molecule has 1 aromatic rings. The summed E-state index contributed by atoms with van der Waals surface area (Å²) in [5.41, 5.74) is 0.386. The molecule has 0 aliphatic rings. The Morgan fingerprint density at radius 3 is 2.21 bits per heavy atom. The molecule has 5 nitrogen and oxygen atoms in total. The van der Waals surface area contributed by atoms with Gasteiger partial charge in [-0.05, 0) is 32.9 Å². The summed E-state index contributed by atoms with van der Waals surface area (Å²) in [7, 11) is 0. The van der Waals surface area contributed by atoms with Gasteiger partial charge in [0.2, 0.25) is 5.91 Å². The second-order valence-corrected chi connectivity index (χ2v) is 5.38. The van der Waals surface area contributed by atoms with Gasteiger partial charge in [-0.1, -0.05) is 18.2 Å². The second-order valence-electron chi connectivity index (χ2n) is 5.38. The second kappa shape index (κ2) is 6.22. The number of anilines is 1. The Morgan fingerprint density at radius 2 is 1.74 bits per heavy atom. The third kappa shape index (κ3) is 5.90. The summed E-state index contributed by atoms with van der Waals surface area (Å²) >= 11 is 0. The minimum atomic E-state index is -0.965. The molecule has 1 amide bonds. The molecule has 19 heavy (non-hydrogen) atoms. The van der Waals surface area contributed by atoms with Crippen LogP contribution in [0.5, 0.6) is 0 Å². The van der Waals surface area contributed by atoms with Crippen molar-refractivity contribution in [3.05, 3.63) is 30.3 Å². The van der Waals surface area contributed by atoms with Gasteiger partial charge in [-0.15, -0.1) is 0 Å². The zero-order chi connectivity index (χ0) is 14.5. The summed E-state index contributed by atoms with van der Waals surface area (Å²) in [6.45, 7) is 5.47. The summed E-state index contributed by atoms with van der Waals surface area (Å²) in [6.07, 6.45) is 0. The van der Waals surface area contributed by atoms with Crippen molar-refractivity contribution in [2.24, 2.45) is 0 Å². The normalized spacial score (nSPS) is 10.9. The Balaban J connectivity index is 2.76. The monoisotopic (exact) mass is 264 g/mol. The van der Waals surface area contributed by atoms with Crippen molar-refractivity contribution in [2.75, 3.05) is 18.0 Å². The Kier molecular flexibility index (Phi) is 4.92. The highest BCUT2D eigenvalue weighted by Gasteiger charge is 2.18. The number of nitrogens with one attached hydrogen (secondary N) is 1. The van der Waals surface area contributed by atoms with Crippen LogP contribution in [-0.4, -0.2) is 35.6 Å². The molecule has 0 bridgehead atoms. The number of para-hydroxylation sites is 1. The minimum Gasteiger partial charge on any atom is -0.480 e. The Hall–Kier alpha value is -2.04.